The smallest absolute Gasteiger partial charge is 0.358 e. The van der Waals surface area contributed by atoms with E-state index in [9.17, 15) is 10.1 Å². The zero-order chi connectivity index (χ0) is 12.4. The largest absolute Gasteiger partial charge is 0.389 e. The summed E-state index contributed by atoms with van der Waals surface area (Å²) in [4.78, 5) is 13.9. The molecule has 0 N–H and O–H groups in total. The molecule has 0 atom stereocenters. The number of pyridine rings is 1. The molecule has 0 bridgehead atoms. The first-order valence-electron chi connectivity index (χ1n) is 4.55. The first-order valence-corrected chi connectivity index (χ1v) is 5.30. The average molecular weight is 273 g/mol. The van der Waals surface area contributed by atoms with Crippen molar-refractivity contribution < 1.29 is 4.92 Å². The van der Waals surface area contributed by atoms with Crippen molar-refractivity contribution in [2.24, 2.45) is 0 Å². The molecule has 0 aromatic carbocycles. The van der Waals surface area contributed by atoms with Gasteiger partial charge in [-0.05, 0) is 17.1 Å². The van der Waals surface area contributed by atoms with Gasteiger partial charge in [-0.3, -0.25) is 0 Å². The summed E-state index contributed by atoms with van der Waals surface area (Å²) in [6, 6.07) is 4.49. The summed E-state index contributed by atoms with van der Waals surface area (Å²) in [5, 5.41) is 15.0. The predicted molar refractivity (Wildman–Crippen MR) is 62.2 cm³/mol. The van der Waals surface area contributed by atoms with E-state index in [1.165, 1.54) is 16.9 Å². The van der Waals surface area contributed by atoms with Crippen LogP contribution < -0.4 is 0 Å². The van der Waals surface area contributed by atoms with Gasteiger partial charge in [-0.1, -0.05) is 23.2 Å². The molecule has 8 heteroatoms. The van der Waals surface area contributed by atoms with Gasteiger partial charge in [-0.2, -0.15) is 4.68 Å². The molecule has 0 fully saturated rings. The van der Waals surface area contributed by atoms with Crippen LogP contribution in [0.15, 0.2) is 24.4 Å². The van der Waals surface area contributed by atoms with Gasteiger partial charge in [-0.25, -0.2) is 4.98 Å². The Balaban J connectivity index is 2.25. The van der Waals surface area contributed by atoms with Crippen LogP contribution in [0.4, 0.5) is 5.82 Å². The Labute approximate surface area is 106 Å². The van der Waals surface area contributed by atoms with Crippen LogP contribution in [0.25, 0.3) is 0 Å². The van der Waals surface area contributed by atoms with E-state index in [0.29, 0.717) is 15.9 Å². The third kappa shape index (κ3) is 2.72. The summed E-state index contributed by atoms with van der Waals surface area (Å²) in [6.45, 7) is 0.229. The third-order valence-electron chi connectivity index (χ3n) is 2.01. The van der Waals surface area contributed by atoms with Crippen molar-refractivity contribution in [2.45, 2.75) is 6.54 Å². The van der Waals surface area contributed by atoms with E-state index < -0.39 is 4.92 Å². The first-order chi connectivity index (χ1) is 8.06. The summed E-state index contributed by atoms with van der Waals surface area (Å²) in [5.41, 5.74) is 0.511. The standard InChI is InChI=1S/C9H6Cl2N4O2/c10-6-1-2-8(11)12-7(6)5-14-4-3-9(13-14)15(16)17/h1-4H,5H2. The van der Waals surface area contributed by atoms with E-state index in [0.717, 1.165) is 0 Å². The van der Waals surface area contributed by atoms with E-state index >= 15 is 0 Å². The van der Waals surface area contributed by atoms with Crippen molar-refractivity contribution in [1.29, 1.82) is 0 Å². The van der Waals surface area contributed by atoms with Gasteiger partial charge in [0.2, 0.25) is 0 Å². The van der Waals surface area contributed by atoms with Gasteiger partial charge in [-0.15, -0.1) is 0 Å². The molecule has 2 aromatic heterocycles. The molecule has 2 aromatic rings. The lowest BCUT2D eigenvalue weighted by Gasteiger charge is -2.01. The van der Waals surface area contributed by atoms with E-state index in [2.05, 4.69) is 10.1 Å². The third-order valence-corrected chi connectivity index (χ3v) is 2.56. The summed E-state index contributed by atoms with van der Waals surface area (Å²) in [7, 11) is 0. The highest BCUT2D eigenvalue weighted by Crippen LogP contribution is 2.18. The fourth-order valence-corrected chi connectivity index (χ4v) is 1.59. The maximum absolute atomic E-state index is 10.5. The Morgan fingerprint density at radius 1 is 1.35 bits per heavy atom. The zero-order valence-electron chi connectivity index (χ0n) is 8.38. The van der Waals surface area contributed by atoms with Crippen LogP contribution in [0.1, 0.15) is 5.69 Å². The molecule has 2 heterocycles. The Kier molecular flexibility index (Phi) is 3.26. The zero-order valence-corrected chi connectivity index (χ0v) is 9.89. The van der Waals surface area contributed by atoms with Gasteiger partial charge in [0.1, 0.15) is 11.7 Å². The number of aromatic nitrogens is 3. The van der Waals surface area contributed by atoms with Crippen LogP contribution in [0.2, 0.25) is 10.2 Å². The molecule has 0 saturated heterocycles. The number of halogens is 2. The van der Waals surface area contributed by atoms with Crippen molar-refractivity contribution in [1.82, 2.24) is 14.8 Å². The van der Waals surface area contributed by atoms with Gasteiger partial charge in [0, 0.05) is 0 Å². The topological polar surface area (TPSA) is 73.8 Å². The minimum atomic E-state index is -0.566. The highest BCUT2D eigenvalue weighted by molar-refractivity contribution is 6.32. The lowest BCUT2D eigenvalue weighted by molar-refractivity contribution is -0.389. The summed E-state index contributed by atoms with van der Waals surface area (Å²) >= 11 is 11.7. The molecule has 0 aliphatic carbocycles. The number of hydrogen-bond acceptors (Lipinski definition) is 4. The molecule has 0 saturated carbocycles. The van der Waals surface area contributed by atoms with Crippen molar-refractivity contribution in [2.75, 3.05) is 0 Å². The highest BCUT2D eigenvalue weighted by Gasteiger charge is 2.12. The van der Waals surface area contributed by atoms with Crippen LogP contribution in [0.5, 0.6) is 0 Å². The fourth-order valence-electron chi connectivity index (χ4n) is 1.26. The second-order valence-corrected chi connectivity index (χ2v) is 3.99. The van der Waals surface area contributed by atoms with Gasteiger partial charge < -0.3 is 10.1 Å². The monoisotopic (exact) mass is 272 g/mol. The maximum atomic E-state index is 10.5. The van der Waals surface area contributed by atoms with Crippen LogP contribution in [-0.2, 0) is 6.54 Å². The molecular formula is C9H6Cl2N4O2. The maximum Gasteiger partial charge on any atom is 0.389 e. The molecule has 0 radical (unpaired) electrons. The van der Waals surface area contributed by atoms with Crippen LogP contribution in [0, 0.1) is 10.1 Å². The normalized spacial score (nSPS) is 10.5. The Morgan fingerprint density at radius 2 is 2.12 bits per heavy atom. The number of nitrogens with zero attached hydrogens (tertiary/aromatic N) is 4. The molecule has 6 nitrogen and oxygen atoms in total. The van der Waals surface area contributed by atoms with E-state index in [4.69, 9.17) is 23.2 Å². The minimum Gasteiger partial charge on any atom is -0.358 e. The highest BCUT2D eigenvalue weighted by atomic mass is 35.5. The fraction of sp³-hybridized carbons (Fsp3) is 0.111. The van der Waals surface area contributed by atoms with Crippen molar-refractivity contribution in [3.63, 3.8) is 0 Å². The molecule has 0 aliphatic heterocycles. The lowest BCUT2D eigenvalue weighted by Crippen LogP contribution is -2.04. The average Bonchev–Trinajstić information content (AvgIpc) is 2.72. The van der Waals surface area contributed by atoms with Crippen LogP contribution >= 0.6 is 23.2 Å². The molecular weight excluding hydrogens is 267 g/mol. The van der Waals surface area contributed by atoms with Gasteiger partial charge in [0.15, 0.2) is 0 Å². The molecule has 0 unspecified atom stereocenters. The number of rotatable bonds is 3. The summed E-state index contributed by atoms with van der Waals surface area (Å²) in [5.74, 6) is -0.219. The second-order valence-electron chi connectivity index (χ2n) is 3.19. The molecule has 0 spiro atoms. The Hall–Kier alpha value is -1.66. The molecule has 17 heavy (non-hydrogen) atoms. The number of nitro groups is 1. The van der Waals surface area contributed by atoms with E-state index in [1.54, 1.807) is 12.1 Å². The van der Waals surface area contributed by atoms with Gasteiger partial charge in [0.25, 0.3) is 0 Å². The molecule has 0 aliphatic rings. The van der Waals surface area contributed by atoms with E-state index in [1.807, 2.05) is 0 Å². The Bertz CT molecular complexity index is 570. The molecule has 88 valence electrons. The SMILES string of the molecule is O=[N+]([O-])c1ccn(Cc2nc(Cl)ccc2Cl)n1. The van der Waals surface area contributed by atoms with Gasteiger partial charge >= 0.3 is 5.82 Å². The molecule has 0 amide bonds. The quantitative estimate of drug-likeness (QED) is 0.489. The lowest BCUT2D eigenvalue weighted by atomic mass is 10.3. The Morgan fingerprint density at radius 3 is 2.76 bits per heavy atom. The van der Waals surface area contributed by atoms with Crippen LogP contribution in [-0.4, -0.2) is 19.7 Å². The predicted octanol–water partition coefficient (Wildman–Crippen LogP) is 2.54. The molecule has 2 rings (SSSR count). The van der Waals surface area contributed by atoms with Crippen LogP contribution in [0.3, 0.4) is 0 Å². The van der Waals surface area contributed by atoms with Crippen molar-refractivity contribution in [3.05, 3.63) is 50.4 Å². The first kappa shape index (κ1) is 11.8. The minimum absolute atomic E-state index is 0.219. The van der Waals surface area contributed by atoms with E-state index in [-0.39, 0.29) is 12.4 Å². The van der Waals surface area contributed by atoms with Gasteiger partial charge in [0.05, 0.1) is 28.1 Å². The van der Waals surface area contributed by atoms with Crippen molar-refractivity contribution >= 4 is 29.0 Å². The summed E-state index contributed by atoms with van der Waals surface area (Å²) in [6.07, 6.45) is 1.48. The van der Waals surface area contributed by atoms with Crippen molar-refractivity contribution in [3.8, 4) is 0 Å². The second kappa shape index (κ2) is 4.68. The number of hydrogen-bond donors (Lipinski definition) is 0. The summed E-state index contributed by atoms with van der Waals surface area (Å²) < 4.78 is 1.38.